The average molecular weight is 478 g/mol. The van der Waals surface area contributed by atoms with Crippen LogP contribution in [0.3, 0.4) is 0 Å². The van der Waals surface area contributed by atoms with Crippen LogP contribution in [-0.4, -0.2) is 55.5 Å². The predicted octanol–water partition coefficient (Wildman–Crippen LogP) is 5.12. The summed E-state index contributed by atoms with van der Waals surface area (Å²) in [5.41, 5.74) is 1.80. The van der Waals surface area contributed by atoms with Crippen LogP contribution in [0.2, 0.25) is 0 Å². The fourth-order valence-electron chi connectivity index (χ4n) is 4.39. The van der Waals surface area contributed by atoms with Crippen molar-refractivity contribution in [3.63, 3.8) is 0 Å². The molecule has 0 N–H and O–H groups in total. The number of carbonyl (C=O) groups is 2. The number of amides is 1. The molecule has 2 aliphatic rings. The zero-order valence-corrected chi connectivity index (χ0v) is 21.4. The van der Waals surface area contributed by atoms with E-state index >= 15 is 0 Å². The standard InChI is InChI=1S/C26H39NO7/c1-7-9-11-30-15-20-21-19(13-18(14-28)27(20)25(29)34-26(4,5)6)22(31-12-10-8-2)17(3)23-24(21)33-16-32-23/h14,18,20H,7-13,15-16H2,1-6H3/t18-,20-/m0/s1. The lowest BCUT2D eigenvalue weighted by Gasteiger charge is -2.42. The Hall–Kier alpha value is -2.48. The first-order valence-corrected chi connectivity index (χ1v) is 12.4. The molecule has 0 radical (unpaired) electrons. The van der Waals surface area contributed by atoms with Crippen molar-refractivity contribution in [3.8, 4) is 17.2 Å². The van der Waals surface area contributed by atoms with E-state index in [4.69, 9.17) is 23.7 Å². The fourth-order valence-corrected chi connectivity index (χ4v) is 4.39. The number of carbonyl (C=O) groups excluding carboxylic acids is 2. The van der Waals surface area contributed by atoms with Crippen molar-refractivity contribution in [2.45, 2.75) is 91.3 Å². The van der Waals surface area contributed by atoms with E-state index in [9.17, 15) is 9.59 Å². The van der Waals surface area contributed by atoms with Crippen LogP contribution < -0.4 is 14.2 Å². The monoisotopic (exact) mass is 477 g/mol. The summed E-state index contributed by atoms with van der Waals surface area (Å²) in [6.45, 7) is 13.0. The van der Waals surface area contributed by atoms with Crippen molar-refractivity contribution in [1.82, 2.24) is 4.90 Å². The summed E-state index contributed by atoms with van der Waals surface area (Å²) in [5.74, 6) is 1.93. The van der Waals surface area contributed by atoms with Gasteiger partial charge >= 0.3 is 6.09 Å². The minimum absolute atomic E-state index is 0.0913. The van der Waals surface area contributed by atoms with Gasteiger partial charge in [-0.1, -0.05) is 26.7 Å². The summed E-state index contributed by atoms with van der Waals surface area (Å²) in [7, 11) is 0. The number of rotatable bonds is 10. The van der Waals surface area contributed by atoms with Crippen molar-refractivity contribution < 1.29 is 33.3 Å². The molecule has 0 spiro atoms. The first kappa shape index (κ1) is 26.1. The number of aldehydes is 1. The minimum Gasteiger partial charge on any atom is -0.493 e. The number of benzene rings is 1. The highest BCUT2D eigenvalue weighted by Crippen LogP contribution is 2.52. The molecule has 1 amide bonds. The van der Waals surface area contributed by atoms with Crippen LogP contribution in [0.1, 0.15) is 83.0 Å². The molecular formula is C26H39NO7. The van der Waals surface area contributed by atoms with Crippen LogP contribution in [0.4, 0.5) is 4.79 Å². The van der Waals surface area contributed by atoms with E-state index in [1.165, 1.54) is 4.90 Å². The largest absolute Gasteiger partial charge is 0.493 e. The Morgan fingerprint density at radius 3 is 2.44 bits per heavy atom. The molecule has 0 aliphatic carbocycles. The van der Waals surface area contributed by atoms with E-state index in [-0.39, 0.29) is 13.4 Å². The normalized spacial score (nSPS) is 19.1. The summed E-state index contributed by atoms with van der Waals surface area (Å²) in [6, 6.07) is -1.29. The molecule has 8 nitrogen and oxygen atoms in total. The van der Waals surface area contributed by atoms with E-state index in [1.807, 2.05) is 27.7 Å². The molecule has 0 saturated carbocycles. The molecule has 2 atom stereocenters. The maximum atomic E-state index is 13.3. The van der Waals surface area contributed by atoms with Gasteiger partial charge in [0.05, 0.1) is 25.3 Å². The molecule has 0 fully saturated rings. The molecular weight excluding hydrogens is 438 g/mol. The van der Waals surface area contributed by atoms with Gasteiger partial charge in [0.25, 0.3) is 0 Å². The van der Waals surface area contributed by atoms with Crippen LogP contribution in [0, 0.1) is 6.92 Å². The predicted molar refractivity (Wildman–Crippen MR) is 128 cm³/mol. The molecule has 0 unspecified atom stereocenters. The maximum absolute atomic E-state index is 13.3. The van der Waals surface area contributed by atoms with E-state index in [2.05, 4.69) is 13.8 Å². The molecule has 1 aromatic rings. The summed E-state index contributed by atoms with van der Waals surface area (Å²) >= 11 is 0. The lowest BCUT2D eigenvalue weighted by molar-refractivity contribution is -0.114. The number of hydrogen-bond acceptors (Lipinski definition) is 7. The molecule has 2 heterocycles. The van der Waals surface area contributed by atoms with Gasteiger partial charge in [0, 0.05) is 29.7 Å². The van der Waals surface area contributed by atoms with Crippen molar-refractivity contribution in [1.29, 1.82) is 0 Å². The Bertz CT molecular complexity index is 877. The molecule has 0 aromatic heterocycles. The smallest absolute Gasteiger partial charge is 0.411 e. The summed E-state index contributed by atoms with van der Waals surface area (Å²) < 4.78 is 29.7. The van der Waals surface area contributed by atoms with E-state index in [0.717, 1.165) is 48.7 Å². The molecule has 3 rings (SSSR count). The second kappa shape index (κ2) is 11.3. The Morgan fingerprint density at radius 2 is 1.79 bits per heavy atom. The van der Waals surface area contributed by atoms with Crippen LogP contribution in [0.25, 0.3) is 0 Å². The number of ether oxygens (including phenoxy) is 5. The maximum Gasteiger partial charge on any atom is 0.411 e. The molecule has 8 heteroatoms. The van der Waals surface area contributed by atoms with Gasteiger partial charge in [0.15, 0.2) is 11.5 Å². The number of nitrogens with zero attached hydrogens (tertiary/aromatic N) is 1. The minimum atomic E-state index is -0.713. The quantitative estimate of drug-likeness (QED) is 0.342. The van der Waals surface area contributed by atoms with Gasteiger partial charge < -0.3 is 28.5 Å². The van der Waals surface area contributed by atoms with Crippen molar-refractivity contribution in [2.24, 2.45) is 0 Å². The third-order valence-corrected chi connectivity index (χ3v) is 6.00. The molecule has 190 valence electrons. The van der Waals surface area contributed by atoms with Gasteiger partial charge in [-0.25, -0.2) is 4.79 Å². The number of fused-ring (bicyclic) bond motifs is 3. The molecule has 34 heavy (non-hydrogen) atoms. The zero-order chi connectivity index (χ0) is 24.9. The van der Waals surface area contributed by atoms with Gasteiger partial charge in [-0.2, -0.15) is 0 Å². The first-order chi connectivity index (χ1) is 16.2. The fraction of sp³-hybridized carbons (Fsp3) is 0.692. The van der Waals surface area contributed by atoms with Crippen molar-refractivity contribution in [2.75, 3.05) is 26.6 Å². The average Bonchev–Trinajstić information content (AvgIpc) is 3.27. The molecule has 2 aliphatic heterocycles. The van der Waals surface area contributed by atoms with E-state index in [1.54, 1.807) is 0 Å². The van der Waals surface area contributed by atoms with E-state index in [0.29, 0.717) is 36.9 Å². The van der Waals surface area contributed by atoms with Crippen LogP contribution >= 0.6 is 0 Å². The lowest BCUT2D eigenvalue weighted by Crippen LogP contribution is -2.51. The number of hydrogen-bond donors (Lipinski definition) is 0. The van der Waals surface area contributed by atoms with Gasteiger partial charge in [-0.15, -0.1) is 0 Å². The van der Waals surface area contributed by atoms with Gasteiger partial charge in [0.1, 0.15) is 17.6 Å². The van der Waals surface area contributed by atoms with Gasteiger partial charge in [-0.05, 0) is 40.5 Å². The summed E-state index contributed by atoms with van der Waals surface area (Å²) in [4.78, 5) is 27.1. The van der Waals surface area contributed by atoms with Gasteiger partial charge in [-0.3, -0.25) is 4.90 Å². The third-order valence-electron chi connectivity index (χ3n) is 6.00. The topological polar surface area (TPSA) is 83.5 Å². The van der Waals surface area contributed by atoms with Crippen LogP contribution in [0.5, 0.6) is 17.2 Å². The molecule has 0 saturated heterocycles. The lowest BCUT2D eigenvalue weighted by atomic mass is 9.85. The second-order valence-electron chi connectivity index (χ2n) is 9.85. The van der Waals surface area contributed by atoms with E-state index < -0.39 is 23.8 Å². The SMILES string of the molecule is CCCCOC[C@H]1c2c(c(OCCCC)c(C)c3c2OCO3)C[C@@H](C=O)N1C(=O)OC(C)(C)C. The number of unbranched alkanes of at least 4 members (excludes halogenated alkanes) is 2. The zero-order valence-electron chi connectivity index (χ0n) is 21.4. The Kier molecular flexibility index (Phi) is 8.68. The molecule has 1 aromatic carbocycles. The highest BCUT2D eigenvalue weighted by Gasteiger charge is 2.45. The second-order valence-corrected chi connectivity index (χ2v) is 9.85. The van der Waals surface area contributed by atoms with Gasteiger partial charge in [0.2, 0.25) is 6.79 Å². The summed E-state index contributed by atoms with van der Waals surface area (Å²) in [5, 5.41) is 0. The summed E-state index contributed by atoms with van der Waals surface area (Å²) in [6.07, 6.45) is 4.37. The first-order valence-electron chi connectivity index (χ1n) is 12.4. The highest BCUT2D eigenvalue weighted by molar-refractivity contribution is 5.78. The van der Waals surface area contributed by atoms with Crippen LogP contribution in [0.15, 0.2) is 0 Å². The van der Waals surface area contributed by atoms with Crippen molar-refractivity contribution in [3.05, 3.63) is 16.7 Å². The third kappa shape index (κ3) is 5.59. The highest BCUT2D eigenvalue weighted by atomic mass is 16.7. The Labute approximate surface area is 202 Å². The Balaban J connectivity index is 2.12. The Morgan fingerprint density at radius 1 is 1.12 bits per heavy atom. The molecule has 0 bridgehead atoms. The van der Waals surface area contributed by atoms with Crippen LogP contribution in [-0.2, 0) is 20.7 Å². The van der Waals surface area contributed by atoms with Crippen molar-refractivity contribution >= 4 is 12.4 Å².